The van der Waals surface area contributed by atoms with Gasteiger partial charge in [-0.05, 0) is 76.1 Å². The number of aromatic nitrogens is 3. The molecule has 0 radical (unpaired) electrons. The van der Waals surface area contributed by atoms with Crippen molar-refractivity contribution in [1.82, 2.24) is 19.9 Å². The zero-order valence-electron chi connectivity index (χ0n) is 25.8. The molecule has 1 aliphatic heterocycles. The fraction of sp³-hybridized carbons (Fsp3) is 0.200. The molecule has 2 aromatic heterocycles. The summed E-state index contributed by atoms with van der Waals surface area (Å²) in [6.07, 6.45) is 7.74. The van der Waals surface area contributed by atoms with E-state index in [2.05, 4.69) is 36.2 Å². The molecular formula is C35H31BrFN5O5S. The van der Waals surface area contributed by atoms with Crippen LogP contribution >= 0.6 is 15.9 Å². The third-order valence-electron chi connectivity index (χ3n) is 7.84. The minimum atomic E-state index is -2.43. The Labute approximate surface area is 286 Å². The van der Waals surface area contributed by atoms with Crippen molar-refractivity contribution < 1.29 is 27.0 Å². The van der Waals surface area contributed by atoms with E-state index in [0.29, 0.717) is 52.1 Å². The van der Waals surface area contributed by atoms with E-state index in [9.17, 15) is 12.8 Å². The predicted octanol–water partition coefficient (Wildman–Crippen LogP) is 6.57. The van der Waals surface area contributed by atoms with Crippen molar-refractivity contribution in [3.05, 3.63) is 125 Å². The molecule has 48 heavy (non-hydrogen) atoms. The Kier molecular flexibility index (Phi) is 10.3. The van der Waals surface area contributed by atoms with Crippen LogP contribution < -0.4 is 14.8 Å². The van der Waals surface area contributed by atoms with Gasteiger partial charge in [0.2, 0.25) is 10.3 Å². The third kappa shape index (κ3) is 7.81. The highest BCUT2D eigenvalue weighted by Crippen LogP contribution is 2.43. The molecule has 0 saturated carbocycles. The van der Waals surface area contributed by atoms with Crippen molar-refractivity contribution in [3.8, 4) is 11.5 Å². The summed E-state index contributed by atoms with van der Waals surface area (Å²) in [5.74, 6) is 1.38. The van der Waals surface area contributed by atoms with Crippen molar-refractivity contribution >= 4 is 54.1 Å². The number of methoxy groups -OCH3 is 1. The smallest absolute Gasteiger partial charge is 0.225 e. The van der Waals surface area contributed by atoms with Crippen LogP contribution in [0.15, 0.2) is 102 Å². The van der Waals surface area contributed by atoms with Crippen LogP contribution in [0.3, 0.4) is 0 Å². The number of rotatable bonds is 13. The number of ether oxygens (including phenoxy) is 3. The summed E-state index contributed by atoms with van der Waals surface area (Å²) in [6, 6.07) is 21.2. The zero-order chi connectivity index (χ0) is 33.5. The molecule has 0 spiro atoms. The van der Waals surface area contributed by atoms with Gasteiger partial charge in [0.05, 0.1) is 23.4 Å². The third-order valence-corrected chi connectivity index (χ3v) is 8.93. The molecular weight excluding hydrogens is 701 g/mol. The summed E-state index contributed by atoms with van der Waals surface area (Å²) in [7, 11) is -0.857. The second-order valence-electron chi connectivity index (χ2n) is 11.1. The fourth-order valence-corrected chi connectivity index (χ4v) is 6.49. The van der Waals surface area contributed by atoms with E-state index in [4.69, 9.17) is 14.2 Å². The monoisotopic (exact) mass is 731 g/mol. The van der Waals surface area contributed by atoms with Gasteiger partial charge >= 0.3 is 0 Å². The van der Waals surface area contributed by atoms with Gasteiger partial charge in [-0.1, -0.05) is 18.2 Å². The Hall–Kier alpha value is -4.85. The summed E-state index contributed by atoms with van der Waals surface area (Å²) in [5, 5.41) is 4.09. The average molecular weight is 733 g/mol. The Balaban J connectivity index is 1.29. The van der Waals surface area contributed by atoms with Crippen LogP contribution in [0.5, 0.6) is 11.5 Å². The predicted molar refractivity (Wildman–Crippen MR) is 185 cm³/mol. The molecule has 0 saturated heterocycles. The fourth-order valence-electron chi connectivity index (χ4n) is 5.58. The molecule has 13 heteroatoms. The van der Waals surface area contributed by atoms with Crippen LogP contribution in [0.1, 0.15) is 23.2 Å². The molecule has 3 aromatic carbocycles. The van der Waals surface area contributed by atoms with Gasteiger partial charge in [-0.3, -0.25) is 9.88 Å². The summed E-state index contributed by atoms with van der Waals surface area (Å²) >= 11 is 3.58. The van der Waals surface area contributed by atoms with E-state index < -0.39 is 15.9 Å². The minimum Gasteiger partial charge on any atom is -0.496 e. The molecule has 10 nitrogen and oxygen atoms in total. The van der Waals surface area contributed by atoms with Gasteiger partial charge in [0, 0.05) is 60.5 Å². The number of nitrogens with zero attached hydrogens (tertiary/aromatic N) is 4. The van der Waals surface area contributed by atoms with Crippen LogP contribution in [-0.4, -0.2) is 54.0 Å². The molecule has 0 aliphatic carbocycles. The lowest BCUT2D eigenvalue weighted by molar-refractivity contribution is 0.0201. The summed E-state index contributed by atoms with van der Waals surface area (Å²) < 4.78 is 56.1. The van der Waals surface area contributed by atoms with Gasteiger partial charge in [-0.2, -0.15) is 8.42 Å². The lowest BCUT2D eigenvalue weighted by Gasteiger charge is -2.34. The molecule has 246 valence electrons. The maximum absolute atomic E-state index is 13.6. The van der Waals surface area contributed by atoms with E-state index in [1.54, 1.807) is 36.6 Å². The molecule has 5 aromatic rings. The molecule has 1 unspecified atom stereocenters. The van der Waals surface area contributed by atoms with Crippen LogP contribution in [0.4, 0.5) is 15.9 Å². The first-order valence-electron chi connectivity index (χ1n) is 15.0. The highest BCUT2D eigenvalue weighted by Gasteiger charge is 2.40. The molecule has 0 fully saturated rings. The van der Waals surface area contributed by atoms with Crippen LogP contribution in [-0.2, 0) is 33.7 Å². The SMILES string of the molecule is COc1cc2ncnc(Nc3ccc(OCc4cccc(F)c4)c(Br)c3)c2cc1C1(CN(C=S(=O)=O)CCc2ccccn2)CC=CO1. The van der Waals surface area contributed by atoms with E-state index >= 15 is 0 Å². The molecule has 1 atom stereocenters. The molecule has 0 amide bonds. The zero-order valence-corrected chi connectivity index (χ0v) is 28.2. The highest BCUT2D eigenvalue weighted by molar-refractivity contribution is 9.10. The Bertz CT molecular complexity index is 2080. The van der Waals surface area contributed by atoms with Gasteiger partial charge < -0.3 is 19.5 Å². The van der Waals surface area contributed by atoms with Crippen molar-refractivity contribution in [2.75, 3.05) is 25.5 Å². The van der Waals surface area contributed by atoms with E-state index in [-0.39, 0.29) is 19.0 Å². The van der Waals surface area contributed by atoms with Crippen molar-refractivity contribution in [1.29, 1.82) is 0 Å². The average Bonchev–Trinajstić information content (AvgIpc) is 3.56. The van der Waals surface area contributed by atoms with E-state index in [1.165, 1.54) is 24.0 Å². The summed E-state index contributed by atoms with van der Waals surface area (Å²) in [5.41, 5.74) is 3.88. The lowest BCUT2D eigenvalue weighted by atomic mass is 9.88. The number of hydrogen-bond acceptors (Lipinski definition) is 9. The number of fused-ring (bicyclic) bond motifs is 1. The number of hydrogen-bond donors (Lipinski definition) is 1. The first-order chi connectivity index (χ1) is 23.3. The molecule has 6 rings (SSSR count). The quantitative estimate of drug-likeness (QED) is 0.133. The standard InChI is InChI=1S/C35H31BrFN5O5S/c1-45-33-19-31-28(18-29(33)35(12-5-15-47-35)21-42(23-48(43)44)14-11-26-8-2-3-13-38-26)34(40-22-39-31)41-27-9-10-32(30(36)17-27)46-20-24-6-4-7-25(37)16-24/h2-10,13,15-19,22-23H,11-12,14,20-21H2,1H3,(H,39,40,41). The second-order valence-corrected chi connectivity index (χ2v) is 12.7. The van der Waals surface area contributed by atoms with Gasteiger partial charge in [-0.15, -0.1) is 0 Å². The van der Waals surface area contributed by atoms with Crippen molar-refractivity contribution in [3.63, 3.8) is 0 Å². The van der Waals surface area contributed by atoms with Crippen molar-refractivity contribution in [2.45, 2.75) is 25.0 Å². The van der Waals surface area contributed by atoms with Crippen molar-refractivity contribution in [2.24, 2.45) is 0 Å². The van der Waals surface area contributed by atoms with E-state index in [1.807, 2.05) is 54.6 Å². The number of benzene rings is 3. The highest BCUT2D eigenvalue weighted by atomic mass is 79.9. The van der Waals surface area contributed by atoms with E-state index in [0.717, 1.165) is 22.5 Å². The number of anilines is 2. The van der Waals surface area contributed by atoms with Gasteiger partial charge in [-0.25, -0.2) is 14.4 Å². The summed E-state index contributed by atoms with van der Waals surface area (Å²) in [6.45, 7) is 0.841. The first-order valence-corrected chi connectivity index (χ1v) is 16.9. The maximum atomic E-state index is 13.6. The largest absolute Gasteiger partial charge is 0.496 e. The Morgan fingerprint density at radius 3 is 2.69 bits per heavy atom. The maximum Gasteiger partial charge on any atom is 0.225 e. The molecule has 3 heterocycles. The topological polar surface area (TPSA) is 116 Å². The van der Waals surface area contributed by atoms with Crippen LogP contribution in [0, 0.1) is 5.82 Å². The Morgan fingerprint density at radius 1 is 1.06 bits per heavy atom. The normalized spacial score (nSPS) is 15.3. The summed E-state index contributed by atoms with van der Waals surface area (Å²) in [4.78, 5) is 15.1. The second kappa shape index (κ2) is 14.9. The lowest BCUT2D eigenvalue weighted by Crippen LogP contribution is -2.41. The van der Waals surface area contributed by atoms with Gasteiger partial charge in [0.25, 0.3) is 0 Å². The van der Waals surface area contributed by atoms with Gasteiger partial charge in [0.15, 0.2) is 5.60 Å². The number of pyridine rings is 1. The molecule has 0 bridgehead atoms. The molecule has 1 N–H and O–H groups in total. The first kappa shape index (κ1) is 33.1. The number of nitrogens with one attached hydrogen (secondary N) is 1. The van der Waals surface area contributed by atoms with Crippen LogP contribution in [0.2, 0.25) is 0 Å². The molecule has 1 aliphatic rings. The Morgan fingerprint density at radius 2 is 1.96 bits per heavy atom. The van der Waals surface area contributed by atoms with Gasteiger partial charge in [0.1, 0.15) is 41.6 Å². The van der Waals surface area contributed by atoms with Crippen LogP contribution in [0.25, 0.3) is 10.9 Å². The number of halogens is 2. The minimum absolute atomic E-state index is 0.214.